The van der Waals surface area contributed by atoms with Gasteiger partial charge in [0.05, 0.1) is 11.1 Å². The van der Waals surface area contributed by atoms with Crippen molar-refractivity contribution in [2.24, 2.45) is 0 Å². The van der Waals surface area contributed by atoms with E-state index in [1.165, 1.54) is 6.07 Å². The maximum absolute atomic E-state index is 11.2. The Kier molecular flexibility index (Phi) is 2.91. The molecule has 1 fully saturated rings. The number of aromatic carboxylic acids is 1. The van der Waals surface area contributed by atoms with Crippen molar-refractivity contribution in [1.29, 1.82) is 0 Å². The summed E-state index contributed by atoms with van der Waals surface area (Å²) in [5.41, 5.74) is 0.618. The van der Waals surface area contributed by atoms with Gasteiger partial charge < -0.3 is 14.5 Å². The van der Waals surface area contributed by atoms with Crippen molar-refractivity contribution in [2.75, 3.05) is 18.0 Å². The molecule has 0 amide bonds. The molecule has 0 aliphatic carbocycles. The number of benzene rings is 1. The zero-order valence-corrected chi connectivity index (χ0v) is 10.2. The van der Waals surface area contributed by atoms with E-state index < -0.39 is 5.97 Å². The van der Waals surface area contributed by atoms with Crippen LogP contribution in [0.2, 0.25) is 0 Å². The van der Waals surface area contributed by atoms with E-state index in [0.717, 1.165) is 25.9 Å². The highest BCUT2D eigenvalue weighted by Crippen LogP contribution is 2.25. The first-order chi connectivity index (χ1) is 9.25. The van der Waals surface area contributed by atoms with Crippen LogP contribution >= 0.6 is 0 Å². The third-order valence-electron chi connectivity index (χ3n) is 3.19. The van der Waals surface area contributed by atoms with Crippen LogP contribution in [0.25, 0.3) is 11.5 Å². The fourth-order valence-electron chi connectivity index (χ4n) is 2.23. The number of rotatable bonds is 3. The molecule has 1 aromatic carbocycles. The number of hydrogen-bond acceptors (Lipinski definition) is 5. The zero-order chi connectivity index (χ0) is 13.2. The molecule has 1 saturated heterocycles. The zero-order valence-electron chi connectivity index (χ0n) is 10.2. The highest BCUT2D eigenvalue weighted by atomic mass is 16.5. The smallest absolute Gasteiger partial charge is 0.336 e. The monoisotopic (exact) mass is 259 g/mol. The molecule has 0 radical (unpaired) electrons. The van der Waals surface area contributed by atoms with E-state index in [0.29, 0.717) is 11.5 Å². The number of nitrogens with zero attached hydrogens (tertiary/aromatic N) is 3. The lowest BCUT2D eigenvalue weighted by atomic mass is 10.1. The Hall–Kier alpha value is -2.37. The van der Waals surface area contributed by atoms with Crippen LogP contribution in [0, 0.1) is 0 Å². The van der Waals surface area contributed by atoms with Gasteiger partial charge in [-0.1, -0.05) is 12.1 Å². The lowest BCUT2D eigenvalue weighted by Crippen LogP contribution is -2.18. The fourth-order valence-corrected chi connectivity index (χ4v) is 2.23. The number of anilines is 1. The Bertz CT molecular complexity index is 603. The van der Waals surface area contributed by atoms with Crippen LogP contribution in [0.5, 0.6) is 0 Å². The van der Waals surface area contributed by atoms with E-state index in [2.05, 4.69) is 10.1 Å². The summed E-state index contributed by atoms with van der Waals surface area (Å²) in [7, 11) is 0. The van der Waals surface area contributed by atoms with Crippen LogP contribution in [0.4, 0.5) is 5.95 Å². The molecular formula is C13H13N3O3. The molecule has 0 spiro atoms. The molecule has 3 rings (SSSR count). The summed E-state index contributed by atoms with van der Waals surface area (Å²) in [6.45, 7) is 1.83. The number of hydrogen-bond donors (Lipinski definition) is 1. The quantitative estimate of drug-likeness (QED) is 0.908. The van der Waals surface area contributed by atoms with Gasteiger partial charge in [0, 0.05) is 13.1 Å². The van der Waals surface area contributed by atoms with Crippen molar-refractivity contribution >= 4 is 11.9 Å². The van der Waals surface area contributed by atoms with Gasteiger partial charge in [-0.2, -0.15) is 4.98 Å². The number of carboxylic acids is 1. The van der Waals surface area contributed by atoms with Crippen LogP contribution in [0.15, 0.2) is 28.8 Å². The average molecular weight is 259 g/mol. The normalized spacial score (nSPS) is 14.8. The molecule has 1 N–H and O–H groups in total. The lowest BCUT2D eigenvalue weighted by molar-refractivity contribution is 0.0697. The van der Waals surface area contributed by atoms with Crippen LogP contribution < -0.4 is 4.90 Å². The Morgan fingerprint density at radius 1 is 1.26 bits per heavy atom. The standard InChI is InChI=1S/C13H13N3O3/c17-12(18)10-6-2-1-5-9(10)11-14-13(15-19-11)16-7-3-4-8-16/h1-2,5-6H,3-4,7-8H2,(H,17,18). The van der Waals surface area contributed by atoms with Gasteiger partial charge in [-0.25, -0.2) is 4.79 Å². The summed E-state index contributed by atoms with van der Waals surface area (Å²) >= 11 is 0. The van der Waals surface area contributed by atoms with Gasteiger partial charge in [0.1, 0.15) is 0 Å². The highest BCUT2D eigenvalue weighted by Gasteiger charge is 2.21. The predicted octanol–water partition coefficient (Wildman–Crippen LogP) is 2.04. The minimum absolute atomic E-state index is 0.166. The largest absolute Gasteiger partial charge is 0.478 e. The van der Waals surface area contributed by atoms with Crippen molar-refractivity contribution < 1.29 is 14.4 Å². The predicted molar refractivity (Wildman–Crippen MR) is 68.1 cm³/mol. The molecule has 6 heteroatoms. The Balaban J connectivity index is 1.96. The highest BCUT2D eigenvalue weighted by molar-refractivity contribution is 5.94. The summed E-state index contributed by atoms with van der Waals surface area (Å²) in [5.74, 6) is -0.218. The number of carboxylic acid groups (broad SMARTS) is 1. The average Bonchev–Trinajstić information content (AvgIpc) is 3.09. The summed E-state index contributed by atoms with van der Waals surface area (Å²) in [6, 6.07) is 6.62. The molecule has 0 unspecified atom stereocenters. The molecule has 1 aromatic heterocycles. The van der Waals surface area contributed by atoms with Gasteiger partial charge in [-0.05, 0) is 30.1 Å². The van der Waals surface area contributed by atoms with E-state index in [-0.39, 0.29) is 11.5 Å². The van der Waals surface area contributed by atoms with Crippen molar-refractivity contribution in [2.45, 2.75) is 12.8 Å². The molecule has 6 nitrogen and oxygen atoms in total. The third kappa shape index (κ3) is 2.16. The Morgan fingerprint density at radius 3 is 2.74 bits per heavy atom. The second kappa shape index (κ2) is 4.72. The van der Waals surface area contributed by atoms with Crippen molar-refractivity contribution in [3.8, 4) is 11.5 Å². The maximum atomic E-state index is 11.2. The van der Waals surface area contributed by atoms with Crippen molar-refractivity contribution in [3.63, 3.8) is 0 Å². The van der Waals surface area contributed by atoms with Crippen molar-refractivity contribution in [3.05, 3.63) is 29.8 Å². The summed E-state index contributed by atoms with van der Waals surface area (Å²) in [5, 5.41) is 13.1. The molecule has 2 heterocycles. The van der Waals surface area contributed by atoms with Crippen LogP contribution in [-0.2, 0) is 0 Å². The van der Waals surface area contributed by atoms with Gasteiger partial charge in [-0.15, -0.1) is 0 Å². The van der Waals surface area contributed by atoms with Crippen molar-refractivity contribution in [1.82, 2.24) is 10.1 Å². The Labute approximate surface area is 109 Å². The van der Waals surface area contributed by atoms with E-state index >= 15 is 0 Å². The van der Waals surface area contributed by atoms with Crippen LogP contribution in [-0.4, -0.2) is 34.3 Å². The lowest BCUT2D eigenvalue weighted by Gasteiger charge is -2.09. The van der Waals surface area contributed by atoms with Crippen LogP contribution in [0.3, 0.4) is 0 Å². The van der Waals surface area contributed by atoms with E-state index in [1.807, 2.05) is 4.90 Å². The molecule has 0 bridgehead atoms. The Morgan fingerprint density at radius 2 is 2.00 bits per heavy atom. The van der Waals surface area contributed by atoms with Crippen LogP contribution in [0.1, 0.15) is 23.2 Å². The minimum atomic E-state index is -1.00. The topological polar surface area (TPSA) is 79.5 Å². The second-order valence-electron chi connectivity index (χ2n) is 4.44. The summed E-state index contributed by atoms with van der Waals surface area (Å²) in [4.78, 5) is 17.5. The fraction of sp³-hybridized carbons (Fsp3) is 0.308. The first kappa shape index (κ1) is 11.7. The molecular weight excluding hydrogens is 246 g/mol. The summed E-state index contributed by atoms with van der Waals surface area (Å²) in [6.07, 6.45) is 2.24. The number of aromatic nitrogens is 2. The molecule has 1 aliphatic heterocycles. The summed E-state index contributed by atoms with van der Waals surface area (Å²) < 4.78 is 5.19. The molecule has 1 aliphatic rings. The molecule has 19 heavy (non-hydrogen) atoms. The second-order valence-corrected chi connectivity index (χ2v) is 4.44. The molecule has 0 saturated carbocycles. The minimum Gasteiger partial charge on any atom is -0.478 e. The van der Waals surface area contributed by atoms with E-state index in [1.54, 1.807) is 18.2 Å². The maximum Gasteiger partial charge on any atom is 0.336 e. The van der Waals surface area contributed by atoms with Gasteiger partial charge in [-0.3, -0.25) is 0 Å². The molecule has 0 atom stereocenters. The van der Waals surface area contributed by atoms with Gasteiger partial charge in [0.25, 0.3) is 11.8 Å². The number of carbonyl (C=O) groups is 1. The van der Waals surface area contributed by atoms with E-state index in [4.69, 9.17) is 9.63 Å². The molecule has 2 aromatic rings. The molecule has 98 valence electrons. The van der Waals surface area contributed by atoms with Gasteiger partial charge in [0.2, 0.25) is 0 Å². The first-order valence-corrected chi connectivity index (χ1v) is 6.17. The SMILES string of the molecule is O=C(O)c1ccccc1-c1nc(N2CCCC2)no1. The first-order valence-electron chi connectivity index (χ1n) is 6.17. The van der Waals surface area contributed by atoms with E-state index in [9.17, 15) is 4.79 Å². The van der Waals surface area contributed by atoms with Gasteiger partial charge >= 0.3 is 5.97 Å². The third-order valence-corrected chi connectivity index (χ3v) is 3.19. The van der Waals surface area contributed by atoms with Gasteiger partial charge in [0.15, 0.2) is 0 Å².